The predicted molar refractivity (Wildman–Crippen MR) is 180 cm³/mol. The van der Waals surface area contributed by atoms with Gasteiger partial charge in [0.1, 0.15) is 30.8 Å². The van der Waals surface area contributed by atoms with Crippen LogP contribution in [0.2, 0.25) is 0 Å². The highest BCUT2D eigenvalue weighted by atomic mass is 32.2. The fourth-order valence-corrected chi connectivity index (χ4v) is 6.58. The number of hydrogen-bond donors (Lipinski definition) is 2. The minimum absolute atomic E-state index is 0.0500. The molecule has 0 radical (unpaired) electrons. The summed E-state index contributed by atoms with van der Waals surface area (Å²) in [5, 5.41) is 20.3. The second-order valence-corrected chi connectivity index (χ2v) is 13.7. The maximum Gasteiger partial charge on any atom is 0.229 e. The van der Waals surface area contributed by atoms with Crippen LogP contribution in [-0.2, 0) is 23.2 Å². The Labute approximate surface area is 272 Å². The Bertz CT molecular complexity index is 1680. The third kappa shape index (κ3) is 9.82. The van der Waals surface area contributed by atoms with E-state index >= 15 is 0 Å². The number of rotatable bonds is 14. The molecule has 4 aromatic carbocycles. The molecular weight excluding hydrogens is 598 g/mol. The lowest BCUT2D eigenvalue weighted by Crippen LogP contribution is -2.43. The van der Waals surface area contributed by atoms with E-state index in [0.717, 1.165) is 44.0 Å². The van der Waals surface area contributed by atoms with Crippen molar-refractivity contribution in [3.63, 3.8) is 0 Å². The number of aliphatic hydroxyl groups excluding tert-OH is 1. The maximum absolute atomic E-state index is 12.1. The zero-order chi connectivity index (χ0) is 32.4. The van der Waals surface area contributed by atoms with Gasteiger partial charge in [-0.25, -0.2) is 8.42 Å². The topological polar surface area (TPSA) is 112 Å². The smallest absolute Gasteiger partial charge is 0.229 e. The van der Waals surface area contributed by atoms with Crippen LogP contribution in [0.15, 0.2) is 103 Å². The summed E-state index contributed by atoms with van der Waals surface area (Å²) in [5.74, 6) is 1.27. The fourth-order valence-electron chi connectivity index (χ4n) is 6.02. The van der Waals surface area contributed by atoms with Crippen molar-refractivity contribution in [3.8, 4) is 17.6 Å². The summed E-state index contributed by atoms with van der Waals surface area (Å²) < 4.78 is 38.6. The first-order chi connectivity index (χ1) is 22.3. The first-order valence-corrected chi connectivity index (χ1v) is 17.5. The van der Waals surface area contributed by atoms with E-state index < -0.39 is 16.1 Å². The summed E-state index contributed by atoms with van der Waals surface area (Å²) in [4.78, 5) is 2.36. The Hall–Kier alpha value is -4.36. The maximum atomic E-state index is 12.1. The summed E-state index contributed by atoms with van der Waals surface area (Å²) in [6.45, 7) is 1.49. The van der Waals surface area contributed by atoms with Crippen molar-refractivity contribution in [3.05, 3.63) is 125 Å². The summed E-state index contributed by atoms with van der Waals surface area (Å²) >= 11 is 0. The third-order valence-corrected chi connectivity index (χ3v) is 8.91. The molecule has 0 aliphatic heterocycles. The fraction of sp³-hybridized carbons (Fsp3) is 0.324. The van der Waals surface area contributed by atoms with E-state index in [0.29, 0.717) is 35.6 Å². The molecule has 0 heterocycles. The van der Waals surface area contributed by atoms with E-state index in [9.17, 15) is 13.5 Å². The number of anilines is 1. The van der Waals surface area contributed by atoms with Gasteiger partial charge in [-0.3, -0.25) is 9.62 Å². The van der Waals surface area contributed by atoms with Crippen molar-refractivity contribution in [1.29, 1.82) is 5.26 Å². The molecule has 0 aromatic heterocycles. The molecule has 0 spiro atoms. The molecule has 0 saturated heterocycles. The molecule has 4 aromatic rings. The van der Waals surface area contributed by atoms with E-state index in [2.05, 4.69) is 40.0 Å². The number of ether oxygens (including phenoxy) is 2. The molecule has 5 rings (SSSR count). The van der Waals surface area contributed by atoms with Gasteiger partial charge in [0.05, 0.1) is 23.6 Å². The van der Waals surface area contributed by atoms with Gasteiger partial charge in [0.15, 0.2) is 0 Å². The Kier molecular flexibility index (Phi) is 11.3. The number of aliphatic hydroxyl groups is 1. The molecule has 1 aliphatic carbocycles. The molecule has 1 fully saturated rings. The molecule has 9 heteroatoms. The number of nitriles is 1. The van der Waals surface area contributed by atoms with Crippen LogP contribution in [0.25, 0.3) is 0 Å². The van der Waals surface area contributed by atoms with Gasteiger partial charge in [-0.05, 0) is 72.6 Å². The highest BCUT2D eigenvalue weighted by Gasteiger charge is 2.28. The van der Waals surface area contributed by atoms with Gasteiger partial charge in [-0.15, -0.1) is 0 Å². The SMILES string of the molecule is CS(=O)(=O)Nc1cc(OC[C@@H](O)CN(Cc2ccccc2)C2CCC(c3ccc(C#N)cc3)CC2)ccc1OCc1ccccc1. The summed E-state index contributed by atoms with van der Waals surface area (Å²) in [6, 6.07) is 35.3. The van der Waals surface area contributed by atoms with Crippen molar-refractivity contribution in [2.24, 2.45) is 0 Å². The monoisotopic (exact) mass is 639 g/mol. The van der Waals surface area contributed by atoms with E-state index in [1.54, 1.807) is 18.2 Å². The minimum atomic E-state index is -3.57. The Morgan fingerprint density at radius 2 is 1.54 bits per heavy atom. The largest absolute Gasteiger partial charge is 0.491 e. The summed E-state index contributed by atoms with van der Waals surface area (Å²) in [6.07, 6.45) is 4.43. The normalized spacial score (nSPS) is 17.2. The van der Waals surface area contributed by atoms with Crippen LogP contribution in [0, 0.1) is 11.3 Å². The van der Waals surface area contributed by atoms with Crippen molar-refractivity contribution in [1.82, 2.24) is 4.90 Å². The zero-order valence-electron chi connectivity index (χ0n) is 26.1. The van der Waals surface area contributed by atoms with Gasteiger partial charge in [0, 0.05) is 25.2 Å². The van der Waals surface area contributed by atoms with Crippen molar-refractivity contribution >= 4 is 15.7 Å². The van der Waals surface area contributed by atoms with Crippen LogP contribution in [0.4, 0.5) is 5.69 Å². The molecular formula is C37H41N3O5S. The average molecular weight is 640 g/mol. The lowest BCUT2D eigenvalue weighted by atomic mass is 9.81. The first-order valence-electron chi connectivity index (χ1n) is 15.6. The molecule has 0 bridgehead atoms. The molecule has 46 heavy (non-hydrogen) atoms. The molecule has 1 aliphatic rings. The number of sulfonamides is 1. The number of nitrogens with one attached hydrogen (secondary N) is 1. The second kappa shape index (κ2) is 15.8. The first kappa shape index (κ1) is 33.0. The zero-order valence-corrected chi connectivity index (χ0v) is 26.9. The third-order valence-electron chi connectivity index (χ3n) is 8.32. The Morgan fingerprint density at radius 1 is 0.891 bits per heavy atom. The van der Waals surface area contributed by atoms with Crippen LogP contribution >= 0.6 is 0 Å². The van der Waals surface area contributed by atoms with E-state index in [1.165, 1.54) is 11.1 Å². The van der Waals surface area contributed by atoms with Crippen LogP contribution in [0.1, 0.15) is 53.9 Å². The molecule has 8 nitrogen and oxygen atoms in total. The number of nitrogens with zero attached hydrogens (tertiary/aromatic N) is 2. The van der Waals surface area contributed by atoms with Gasteiger partial charge in [0.25, 0.3) is 0 Å². The minimum Gasteiger partial charge on any atom is -0.491 e. The van der Waals surface area contributed by atoms with E-state index in [-0.39, 0.29) is 18.9 Å². The Morgan fingerprint density at radius 3 is 2.17 bits per heavy atom. The molecule has 1 saturated carbocycles. The van der Waals surface area contributed by atoms with Gasteiger partial charge in [0.2, 0.25) is 10.0 Å². The van der Waals surface area contributed by atoms with Gasteiger partial charge < -0.3 is 14.6 Å². The van der Waals surface area contributed by atoms with Gasteiger partial charge in [-0.2, -0.15) is 5.26 Å². The standard InChI is InChI=1S/C37H41N3O5S/c1-46(42,43)39-36-22-35(20-21-37(36)45-26-30-10-6-3-7-11-30)44-27-34(41)25-40(24-29-8-4-2-5-9-29)33-18-16-32(17-19-33)31-14-12-28(23-38)13-15-31/h2-15,20-22,32-34,39,41H,16-19,24-27H2,1H3/t32?,33?,34-/m0/s1. The van der Waals surface area contributed by atoms with Crippen molar-refractivity contribution < 1.29 is 23.0 Å². The summed E-state index contributed by atoms with van der Waals surface area (Å²) in [5.41, 5.74) is 4.38. The second-order valence-electron chi connectivity index (χ2n) is 11.9. The highest BCUT2D eigenvalue weighted by Crippen LogP contribution is 2.36. The van der Waals surface area contributed by atoms with Crippen LogP contribution in [-0.4, -0.2) is 50.0 Å². The predicted octanol–water partition coefficient (Wildman–Crippen LogP) is 6.48. The van der Waals surface area contributed by atoms with Crippen LogP contribution in [0.5, 0.6) is 11.5 Å². The van der Waals surface area contributed by atoms with Crippen molar-refractivity contribution in [2.45, 2.75) is 56.9 Å². The molecule has 2 N–H and O–H groups in total. The molecule has 240 valence electrons. The average Bonchev–Trinajstić information content (AvgIpc) is 3.07. The van der Waals surface area contributed by atoms with E-state index in [4.69, 9.17) is 14.7 Å². The lowest BCUT2D eigenvalue weighted by Gasteiger charge is -2.38. The van der Waals surface area contributed by atoms with Gasteiger partial charge in [-0.1, -0.05) is 72.8 Å². The molecule has 0 unspecified atom stereocenters. The van der Waals surface area contributed by atoms with Crippen LogP contribution < -0.4 is 14.2 Å². The molecule has 1 atom stereocenters. The number of benzene rings is 4. The number of hydrogen-bond acceptors (Lipinski definition) is 7. The highest BCUT2D eigenvalue weighted by molar-refractivity contribution is 7.92. The van der Waals surface area contributed by atoms with E-state index in [1.807, 2.05) is 60.7 Å². The Balaban J connectivity index is 1.22. The van der Waals surface area contributed by atoms with Gasteiger partial charge >= 0.3 is 0 Å². The summed E-state index contributed by atoms with van der Waals surface area (Å²) in [7, 11) is -3.57. The van der Waals surface area contributed by atoms with Crippen LogP contribution in [0.3, 0.4) is 0 Å². The lowest BCUT2D eigenvalue weighted by molar-refractivity contribution is 0.0384. The quantitative estimate of drug-likeness (QED) is 0.163. The molecule has 0 amide bonds. The van der Waals surface area contributed by atoms with Crippen molar-refractivity contribution in [2.75, 3.05) is 24.1 Å².